The van der Waals surface area contributed by atoms with Crippen LogP contribution in [0.2, 0.25) is 0 Å². The number of hydrogen-bond acceptors (Lipinski definition) is 9. The SMILES string of the molecule is N#CC(C#N)=Cc1sc(-c2ccc(-c3ccc(-c4ccc(-c5sc(C=C(C#N)C#N)c(C(F)(F)F)c5C(F)(F)F)s4)s3)s2)c(C(F)(F)F)c1C(F)(F)F. The minimum atomic E-state index is -5.52. The van der Waals surface area contributed by atoms with Crippen LogP contribution >= 0.6 is 56.7 Å². The highest BCUT2D eigenvalue weighted by molar-refractivity contribution is 7.30. The molecule has 0 fully saturated rings. The van der Waals surface area contributed by atoms with E-state index < -0.39 is 77.6 Å². The Morgan fingerprint density at radius 3 is 0.887 bits per heavy atom. The second-order valence-corrected chi connectivity index (χ2v) is 15.5. The molecule has 0 bridgehead atoms. The molecule has 0 saturated heterocycles. The van der Waals surface area contributed by atoms with Crippen LogP contribution in [0, 0.1) is 45.3 Å². The quantitative estimate of drug-likeness (QED) is 0.126. The van der Waals surface area contributed by atoms with E-state index in [0.717, 1.165) is 23.5 Å². The number of hydrogen-bond donors (Lipinski definition) is 0. The van der Waals surface area contributed by atoms with Crippen LogP contribution < -0.4 is 0 Å². The van der Waals surface area contributed by atoms with Crippen LogP contribution in [0.5, 0.6) is 0 Å². The van der Waals surface area contributed by atoms with Gasteiger partial charge in [-0.2, -0.15) is 73.7 Å². The molecule has 270 valence electrons. The van der Waals surface area contributed by atoms with Crippen LogP contribution in [0.15, 0.2) is 47.5 Å². The Kier molecular flexibility index (Phi) is 10.5. The Balaban J connectivity index is 1.57. The normalized spacial score (nSPS) is 12.1. The first kappa shape index (κ1) is 39.3. The van der Waals surface area contributed by atoms with E-state index in [9.17, 15) is 52.7 Å². The van der Waals surface area contributed by atoms with Crippen molar-refractivity contribution in [3.05, 3.63) is 79.6 Å². The molecule has 0 aromatic carbocycles. The summed E-state index contributed by atoms with van der Waals surface area (Å²) < 4.78 is 169. The summed E-state index contributed by atoms with van der Waals surface area (Å²) in [6.07, 6.45) is -21.2. The molecule has 0 aliphatic carbocycles. The molecule has 53 heavy (non-hydrogen) atoms. The number of alkyl halides is 12. The maximum absolute atomic E-state index is 14.2. The molecule has 0 unspecified atom stereocenters. The van der Waals surface area contributed by atoms with E-state index in [4.69, 9.17) is 21.0 Å². The van der Waals surface area contributed by atoms with Crippen molar-refractivity contribution in [2.45, 2.75) is 24.7 Å². The number of rotatable bonds is 6. The van der Waals surface area contributed by atoms with Gasteiger partial charge in [0.25, 0.3) is 0 Å². The number of nitriles is 4. The first-order valence-electron chi connectivity index (χ1n) is 13.6. The summed E-state index contributed by atoms with van der Waals surface area (Å²) >= 11 is 2.54. The van der Waals surface area contributed by atoms with Crippen LogP contribution in [0.25, 0.3) is 51.2 Å². The van der Waals surface area contributed by atoms with Crippen molar-refractivity contribution in [2.75, 3.05) is 0 Å². The number of halogens is 12. The summed E-state index contributed by atoms with van der Waals surface area (Å²) in [7, 11) is 0. The van der Waals surface area contributed by atoms with Crippen molar-refractivity contribution in [2.24, 2.45) is 0 Å². The predicted octanol–water partition coefficient (Wildman–Crippen LogP) is 13.6. The van der Waals surface area contributed by atoms with Gasteiger partial charge in [0, 0.05) is 39.0 Å². The Labute approximate surface area is 308 Å². The van der Waals surface area contributed by atoms with Crippen molar-refractivity contribution in [1.82, 2.24) is 0 Å². The van der Waals surface area contributed by atoms with Crippen LogP contribution in [-0.2, 0) is 24.7 Å². The summed E-state index contributed by atoms with van der Waals surface area (Å²) in [5, 5.41) is 36.0. The molecule has 0 spiro atoms. The summed E-state index contributed by atoms with van der Waals surface area (Å²) in [5.41, 5.74) is -9.83. The maximum atomic E-state index is 14.2. The molecular formula is C32H8F12N4S5. The van der Waals surface area contributed by atoms with Gasteiger partial charge < -0.3 is 0 Å². The molecular weight excluding hydrogens is 829 g/mol. The molecule has 21 heteroatoms. The Bertz CT molecular complexity index is 2260. The lowest BCUT2D eigenvalue weighted by molar-refractivity contribution is -0.161. The van der Waals surface area contributed by atoms with Gasteiger partial charge in [-0.05, 0) is 48.6 Å². The molecule has 5 aromatic rings. The van der Waals surface area contributed by atoms with Gasteiger partial charge >= 0.3 is 24.7 Å². The molecule has 5 heterocycles. The second-order valence-electron chi connectivity index (χ2n) is 10.1. The summed E-state index contributed by atoms with van der Waals surface area (Å²) in [6, 6.07) is 13.2. The summed E-state index contributed by atoms with van der Waals surface area (Å²) in [5.74, 6) is 0. The lowest BCUT2D eigenvalue weighted by Gasteiger charge is -2.13. The van der Waals surface area contributed by atoms with Gasteiger partial charge in [-0.15, -0.1) is 56.7 Å². The summed E-state index contributed by atoms with van der Waals surface area (Å²) in [4.78, 5) is -2.78. The van der Waals surface area contributed by atoms with Crippen molar-refractivity contribution < 1.29 is 52.7 Å². The van der Waals surface area contributed by atoms with Gasteiger partial charge in [-0.1, -0.05) is 0 Å². The highest BCUT2D eigenvalue weighted by Gasteiger charge is 2.50. The fourth-order valence-corrected chi connectivity index (χ4v) is 10.8. The minimum absolute atomic E-state index is 0.0879. The minimum Gasteiger partial charge on any atom is -0.192 e. The third-order valence-electron chi connectivity index (χ3n) is 6.79. The molecule has 0 saturated carbocycles. The Morgan fingerprint density at radius 2 is 0.642 bits per heavy atom. The van der Waals surface area contributed by atoms with Crippen LogP contribution in [0.1, 0.15) is 32.0 Å². The van der Waals surface area contributed by atoms with Crippen molar-refractivity contribution in [3.8, 4) is 63.3 Å². The molecule has 0 N–H and O–H groups in total. The van der Waals surface area contributed by atoms with E-state index >= 15 is 0 Å². The zero-order valence-electron chi connectivity index (χ0n) is 25.0. The van der Waals surface area contributed by atoms with Gasteiger partial charge in [-0.25, -0.2) is 0 Å². The molecule has 0 amide bonds. The first-order chi connectivity index (χ1) is 24.6. The topological polar surface area (TPSA) is 95.2 Å². The molecule has 0 aliphatic rings. The van der Waals surface area contributed by atoms with E-state index in [2.05, 4.69) is 0 Å². The molecule has 0 radical (unpaired) electrons. The van der Waals surface area contributed by atoms with Crippen molar-refractivity contribution >= 4 is 68.8 Å². The average molecular weight is 837 g/mol. The highest BCUT2D eigenvalue weighted by atomic mass is 32.1. The van der Waals surface area contributed by atoms with Crippen LogP contribution in [0.3, 0.4) is 0 Å². The first-order valence-corrected chi connectivity index (χ1v) is 17.7. The van der Waals surface area contributed by atoms with E-state index in [1.54, 1.807) is 0 Å². The third kappa shape index (κ3) is 7.90. The Hall–Kier alpha value is -4.90. The lowest BCUT2D eigenvalue weighted by atomic mass is 10.1. The fraction of sp³-hybridized carbons (Fsp3) is 0.125. The van der Waals surface area contributed by atoms with Gasteiger partial charge in [0.15, 0.2) is 0 Å². The molecule has 5 aromatic heterocycles. The molecule has 0 atom stereocenters. The average Bonchev–Trinajstić information content (AvgIpc) is 3.88. The van der Waals surface area contributed by atoms with Crippen LogP contribution in [-0.4, -0.2) is 0 Å². The van der Waals surface area contributed by atoms with Crippen molar-refractivity contribution in [1.29, 1.82) is 21.0 Å². The monoisotopic (exact) mass is 836 g/mol. The standard InChI is InChI=1S/C32H8F12N4S5/c33-29(34,35)23-21(7-13(9-45)10-46)52-27(25(23)31(39,40)41)19-5-3-17(50-19)15-1-2-16(49-15)18-4-6-20(51-18)28-26(32(42,43)44)24(30(36,37)38)22(53-28)8-14(11-47)12-48/h1-8H. The summed E-state index contributed by atoms with van der Waals surface area (Å²) in [6.45, 7) is 0. The largest absolute Gasteiger partial charge is 0.418 e. The van der Waals surface area contributed by atoms with Gasteiger partial charge in [0.05, 0.1) is 32.0 Å². The third-order valence-corrected chi connectivity index (χ3v) is 13.1. The molecule has 5 rings (SSSR count). The number of nitrogens with zero attached hydrogens (tertiary/aromatic N) is 4. The fourth-order valence-electron chi connectivity index (χ4n) is 4.78. The lowest BCUT2D eigenvalue weighted by Crippen LogP contribution is -2.16. The van der Waals surface area contributed by atoms with Crippen LogP contribution in [0.4, 0.5) is 52.7 Å². The van der Waals surface area contributed by atoms with Gasteiger partial charge in [0.1, 0.15) is 35.4 Å². The second kappa shape index (κ2) is 14.2. The number of thiophene rings is 5. The van der Waals surface area contributed by atoms with Gasteiger partial charge in [-0.3, -0.25) is 0 Å². The van der Waals surface area contributed by atoms with E-state index in [0.29, 0.717) is 44.6 Å². The zero-order chi connectivity index (χ0) is 39.3. The predicted molar refractivity (Wildman–Crippen MR) is 176 cm³/mol. The molecule has 4 nitrogen and oxygen atoms in total. The molecule has 0 aliphatic heterocycles. The zero-order valence-corrected chi connectivity index (χ0v) is 29.1. The maximum Gasteiger partial charge on any atom is 0.418 e. The van der Waals surface area contributed by atoms with E-state index in [1.807, 2.05) is 0 Å². The smallest absolute Gasteiger partial charge is 0.192 e. The highest BCUT2D eigenvalue weighted by Crippen LogP contribution is 2.55. The number of allylic oxidation sites excluding steroid dienone is 2. The Morgan fingerprint density at radius 1 is 0.396 bits per heavy atom. The van der Waals surface area contributed by atoms with Gasteiger partial charge in [0.2, 0.25) is 0 Å². The van der Waals surface area contributed by atoms with E-state index in [1.165, 1.54) is 48.5 Å². The van der Waals surface area contributed by atoms with Crippen molar-refractivity contribution in [3.63, 3.8) is 0 Å². The van der Waals surface area contributed by atoms with E-state index in [-0.39, 0.29) is 42.2 Å².